The number of amides is 1. The second kappa shape index (κ2) is 8.22. The van der Waals surface area contributed by atoms with Gasteiger partial charge in [-0.3, -0.25) is 4.79 Å². The van der Waals surface area contributed by atoms with Gasteiger partial charge in [-0.05, 0) is 48.3 Å². The predicted octanol–water partition coefficient (Wildman–Crippen LogP) is 3.01. The molecule has 1 aromatic rings. The fourth-order valence-corrected chi connectivity index (χ4v) is 4.08. The molecular weight excluding hydrogens is 364 g/mol. The van der Waals surface area contributed by atoms with E-state index in [-0.39, 0.29) is 18.3 Å². The lowest BCUT2D eigenvalue weighted by Crippen LogP contribution is -2.42. The zero-order valence-electron chi connectivity index (χ0n) is 11.6. The fourth-order valence-electron chi connectivity index (χ4n) is 2.46. The Morgan fingerprint density at radius 2 is 2.40 bits per heavy atom. The van der Waals surface area contributed by atoms with Crippen LogP contribution >= 0.6 is 39.7 Å². The summed E-state index contributed by atoms with van der Waals surface area (Å²) in [5.41, 5.74) is 0. The van der Waals surface area contributed by atoms with Crippen molar-refractivity contribution in [1.82, 2.24) is 10.2 Å². The Hall–Kier alpha value is -0.300. The maximum absolute atomic E-state index is 12.5. The summed E-state index contributed by atoms with van der Waals surface area (Å²) in [6.45, 7) is 2.68. The number of halogens is 2. The van der Waals surface area contributed by atoms with Crippen molar-refractivity contribution in [3.8, 4) is 5.75 Å². The lowest BCUT2D eigenvalue weighted by Gasteiger charge is -2.32. The number of likely N-dealkylation sites (tertiary alicyclic amines) is 1. The van der Waals surface area contributed by atoms with Gasteiger partial charge in [-0.15, -0.1) is 23.7 Å². The van der Waals surface area contributed by atoms with E-state index in [0.717, 1.165) is 40.5 Å². The molecule has 1 amide bonds. The van der Waals surface area contributed by atoms with Gasteiger partial charge >= 0.3 is 0 Å². The quantitative estimate of drug-likeness (QED) is 0.869. The van der Waals surface area contributed by atoms with E-state index >= 15 is 0 Å². The number of ether oxygens (including phenoxy) is 1. The van der Waals surface area contributed by atoms with Crippen LogP contribution in [0.3, 0.4) is 0 Å². The number of hydrogen-bond acceptors (Lipinski definition) is 4. The van der Waals surface area contributed by atoms with Crippen molar-refractivity contribution in [3.05, 3.63) is 14.7 Å². The number of hydrogen-bond donors (Lipinski definition) is 1. The molecule has 7 heteroatoms. The largest absolute Gasteiger partial charge is 0.495 e. The second-order valence-corrected chi connectivity index (χ2v) is 7.14. The molecule has 1 N–H and O–H groups in total. The van der Waals surface area contributed by atoms with Crippen LogP contribution in [0.15, 0.2) is 9.85 Å². The van der Waals surface area contributed by atoms with Gasteiger partial charge in [-0.2, -0.15) is 0 Å². The minimum atomic E-state index is 0. The van der Waals surface area contributed by atoms with Gasteiger partial charge in [-0.25, -0.2) is 0 Å². The van der Waals surface area contributed by atoms with Crippen molar-refractivity contribution in [2.75, 3.05) is 33.8 Å². The first-order valence-corrected chi connectivity index (χ1v) is 8.03. The number of piperidine rings is 1. The monoisotopic (exact) mass is 382 g/mol. The third-order valence-corrected chi connectivity index (χ3v) is 5.15. The van der Waals surface area contributed by atoms with Crippen LogP contribution in [0.5, 0.6) is 5.75 Å². The molecule has 0 aliphatic carbocycles. The van der Waals surface area contributed by atoms with E-state index in [1.807, 2.05) is 18.0 Å². The fraction of sp³-hybridized carbons (Fsp3) is 0.615. The zero-order valence-corrected chi connectivity index (χ0v) is 14.9. The van der Waals surface area contributed by atoms with Crippen LogP contribution in [0.1, 0.15) is 22.5 Å². The summed E-state index contributed by atoms with van der Waals surface area (Å²) in [6, 6.07) is 1.82. The molecule has 0 spiro atoms. The maximum atomic E-state index is 12.5. The molecule has 0 aromatic carbocycles. The summed E-state index contributed by atoms with van der Waals surface area (Å²) in [6.07, 6.45) is 2.28. The Labute approximate surface area is 138 Å². The van der Waals surface area contributed by atoms with E-state index in [1.54, 1.807) is 7.11 Å². The Balaban J connectivity index is 0.00000200. The molecule has 1 aromatic heterocycles. The number of methoxy groups -OCH3 is 1. The molecule has 20 heavy (non-hydrogen) atoms. The first kappa shape index (κ1) is 17.8. The van der Waals surface area contributed by atoms with E-state index in [2.05, 4.69) is 21.2 Å². The van der Waals surface area contributed by atoms with Gasteiger partial charge in [0.25, 0.3) is 5.91 Å². The van der Waals surface area contributed by atoms with E-state index in [4.69, 9.17) is 4.74 Å². The van der Waals surface area contributed by atoms with Gasteiger partial charge in [0, 0.05) is 19.2 Å². The molecule has 2 rings (SSSR count). The Bertz CT molecular complexity index is 454. The molecule has 1 aliphatic heterocycles. The summed E-state index contributed by atoms with van der Waals surface area (Å²) < 4.78 is 6.08. The zero-order chi connectivity index (χ0) is 13.8. The highest BCUT2D eigenvalue weighted by Gasteiger charge is 2.25. The van der Waals surface area contributed by atoms with Gasteiger partial charge in [0.15, 0.2) is 0 Å². The molecule has 0 saturated carbocycles. The van der Waals surface area contributed by atoms with Crippen molar-refractivity contribution in [2.45, 2.75) is 12.8 Å². The third-order valence-electron chi connectivity index (χ3n) is 3.39. The molecule has 0 bridgehead atoms. The molecule has 1 fully saturated rings. The van der Waals surface area contributed by atoms with Crippen LogP contribution in [0, 0.1) is 5.92 Å². The van der Waals surface area contributed by atoms with Crippen molar-refractivity contribution in [1.29, 1.82) is 0 Å². The topological polar surface area (TPSA) is 41.6 Å². The lowest BCUT2D eigenvalue weighted by atomic mass is 9.98. The third kappa shape index (κ3) is 4.10. The van der Waals surface area contributed by atoms with E-state index < -0.39 is 0 Å². The average Bonchev–Trinajstić information content (AvgIpc) is 2.80. The number of nitrogens with one attached hydrogen (secondary N) is 1. The number of thiophene rings is 1. The molecule has 1 unspecified atom stereocenters. The van der Waals surface area contributed by atoms with E-state index in [1.165, 1.54) is 17.8 Å². The van der Waals surface area contributed by atoms with Gasteiger partial charge < -0.3 is 15.0 Å². The van der Waals surface area contributed by atoms with Crippen LogP contribution in [-0.2, 0) is 0 Å². The first-order chi connectivity index (χ1) is 9.15. The SMILES string of the molecule is CNCC1CCCN(C(=O)c2cc(OC)c(Br)s2)C1.Cl. The summed E-state index contributed by atoms with van der Waals surface area (Å²) in [4.78, 5) is 15.2. The minimum absolute atomic E-state index is 0. The summed E-state index contributed by atoms with van der Waals surface area (Å²) in [5, 5.41) is 3.20. The number of nitrogens with zero attached hydrogens (tertiary/aromatic N) is 1. The maximum Gasteiger partial charge on any atom is 0.264 e. The minimum Gasteiger partial charge on any atom is -0.495 e. The van der Waals surface area contributed by atoms with Crippen LogP contribution in [0.2, 0.25) is 0 Å². The Morgan fingerprint density at radius 1 is 1.65 bits per heavy atom. The van der Waals surface area contributed by atoms with E-state index in [0.29, 0.717) is 5.92 Å². The average molecular weight is 384 g/mol. The molecular formula is C13H20BrClN2O2S. The number of carbonyl (C=O) groups excluding carboxylic acids is 1. The molecule has 1 saturated heterocycles. The first-order valence-electron chi connectivity index (χ1n) is 6.43. The smallest absolute Gasteiger partial charge is 0.264 e. The van der Waals surface area contributed by atoms with Crippen molar-refractivity contribution >= 4 is 45.6 Å². The molecule has 4 nitrogen and oxygen atoms in total. The van der Waals surface area contributed by atoms with Crippen LogP contribution in [0.25, 0.3) is 0 Å². The van der Waals surface area contributed by atoms with Crippen molar-refractivity contribution in [2.24, 2.45) is 5.92 Å². The Kier molecular flexibility index (Phi) is 7.29. The lowest BCUT2D eigenvalue weighted by molar-refractivity contribution is 0.0679. The van der Waals surface area contributed by atoms with Gasteiger partial charge in [0.1, 0.15) is 9.54 Å². The molecule has 1 atom stereocenters. The normalized spacial score (nSPS) is 18.6. The number of carbonyl (C=O) groups is 1. The van der Waals surface area contributed by atoms with Gasteiger partial charge in [0.2, 0.25) is 0 Å². The van der Waals surface area contributed by atoms with Crippen LogP contribution in [-0.4, -0.2) is 44.6 Å². The molecule has 0 radical (unpaired) electrons. The standard InChI is InChI=1S/C13H19BrN2O2S.ClH/c1-15-7-9-4-3-5-16(8-9)13(17)11-6-10(18-2)12(14)19-11;/h6,9,15H,3-5,7-8H2,1-2H3;1H. The van der Waals surface area contributed by atoms with Crippen LogP contribution < -0.4 is 10.1 Å². The van der Waals surface area contributed by atoms with E-state index in [9.17, 15) is 4.79 Å². The second-order valence-electron chi connectivity index (χ2n) is 4.77. The Morgan fingerprint density at radius 3 is 3.00 bits per heavy atom. The highest BCUT2D eigenvalue weighted by Crippen LogP contribution is 2.35. The summed E-state index contributed by atoms with van der Waals surface area (Å²) in [5.74, 6) is 1.42. The molecule has 114 valence electrons. The van der Waals surface area contributed by atoms with Crippen molar-refractivity contribution in [3.63, 3.8) is 0 Å². The summed E-state index contributed by atoms with van der Waals surface area (Å²) in [7, 11) is 3.58. The van der Waals surface area contributed by atoms with Gasteiger partial charge in [-0.1, -0.05) is 0 Å². The predicted molar refractivity (Wildman–Crippen MR) is 88.4 cm³/mol. The van der Waals surface area contributed by atoms with Crippen molar-refractivity contribution < 1.29 is 9.53 Å². The van der Waals surface area contributed by atoms with Gasteiger partial charge in [0.05, 0.1) is 12.0 Å². The van der Waals surface area contributed by atoms with Crippen LogP contribution in [0.4, 0.5) is 0 Å². The number of rotatable bonds is 4. The highest BCUT2D eigenvalue weighted by molar-refractivity contribution is 9.11. The molecule has 1 aliphatic rings. The summed E-state index contributed by atoms with van der Waals surface area (Å²) >= 11 is 4.86. The highest BCUT2D eigenvalue weighted by atomic mass is 79.9. The molecule has 2 heterocycles.